The van der Waals surface area contributed by atoms with Crippen molar-refractivity contribution in [3.63, 3.8) is 0 Å². The van der Waals surface area contributed by atoms with E-state index in [1.165, 1.54) is 13.2 Å². The fourth-order valence-electron chi connectivity index (χ4n) is 3.16. The zero-order valence-corrected chi connectivity index (χ0v) is 15.4. The Kier molecular flexibility index (Phi) is 6.61. The Labute approximate surface area is 154 Å². The zero-order chi connectivity index (χ0) is 19.2. The highest BCUT2D eigenvalue weighted by Gasteiger charge is 2.40. The molecule has 0 aromatic heterocycles. The van der Waals surface area contributed by atoms with Crippen LogP contribution < -0.4 is 4.74 Å². The molecule has 5 nitrogen and oxygen atoms in total. The molecule has 1 aromatic rings. The summed E-state index contributed by atoms with van der Waals surface area (Å²) >= 11 is 0. The number of aromatic hydroxyl groups is 1. The molecule has 0 radical (unpaired) electrons. The highest BCUT2D eigenvalue weighted by Crippen LogP contribution is 2.40. The number of phenolic OH excluding ortho intramolecular Hbond substituents is 1. The van der Waals surface area contributed by atoms with Crippen LogP contribution in [0.5, 0.6) is 11.5 Å². The molecule has 1 fully saturated rings. The molecule has 5 heteroatoms. The topological polar surface area (TPSA) is 72.8 Å². The van der Waals surface area contributed by atoms with Crippen LogP contribution in [0.3, 0.4) is 0 Å². The van der Waals surface area contributed by atoms with E-state index < -0.39 is 5.41 Å². The van der Waals surface area contributed by atoms with Gasteiger partial charge in [0.2, 0.25) is 0 Å². The van der Waals surface area contributed by atoms with E-state index in [1.807, 2.05) is 6.92 Å². The van der Waals surface area contributed by atoms with E-state index in [0.717, 1.165) is 5.56 Å². The minimum Gasteiger partial charge on any atom is -0.504 e. The van der Waals surface area contributed by atoms with Crippen LogP contribution in [0.25, 0.3) is 6.08 Å². The predicted octanol–water partition coefficient (Wildman–Crippen LogP) is 3.91. The monoisotopic (exact) mass is 358 g/mol. The normalized spacial score (nSPS) is 22.8. The molecule has 1 aliphatic carbocycles. The lowest BCUT2D eigenvalue weighted by Gasteiger charge is -2.34. The molecule has 140 valence electrons. The first-order valence-electron chi connectivity index (χ1n) is 8.76. The quantitative estimate of drug-likeness (QED) is 0.454. The molecule has 0 unspecified atom stereocenters. The average molecular weight is 358 g/mol. The maximum Gasteiger partial charge on any atom is 0.312 e. The second kappa shape index (κ2) is 8.70. The summed E-state index contributed by atoms with van der Waals surface area (Å²) in [6.07, 6.45) is 7.45. The van der Waals surface area contributed by atoms with Gasteiger partial charge in [-0.25, -0.2) is 0 Å². The molecule has 0 atom stereocenters. The van der Waals surface area contributed by atoms with Gasteiger partial charge in [-0.1, -0.05) is 24.8 Å². The predicted molar refractivity (Wildman–Crippen MR) is 99.9 cm³/mol. The number of methoxy groups -OCH3 is 1. The van der Waals surface area contributed by atoms with Gasteiger partial charge in [0.15, 0.2) is 17.3 Å². The van der Waals surface area contributed by atoms with Crippen molar-refractivity contribution in [3.8, 4) is 11.5 Å². The zero-order valence-electron chi connectivity index (χ0n) is 15.4. The Morgan fingerprint density at radius 2 is 2.04 bits per heavy atom. The third-order valence-electron chi connectivity index (χ3n) is 4.96. The summed E-state index contributed by atoms with van der Waals surface area (Å²) in [5, 5.41) is 9.60. The van der Waals surface area contributed by atoms with E-state index in [1.54, 1.807) is 30.4 Å². The van der Waals surface area contributed by atoms with Crippen LogP contribution in [0.1, 0.15) is 38.2 Å². The van der Waals surface area contributed by atoms with Crippen molar-refractivity contribution >= 4 is 17.8 Å². The molecule has 1 saturated carbocycles. The molecule has 1 aromatic carbocycles. The summed E-state index contributed by atoms with van der Waals surface area (Å²) in [5.41, 5.74) is 0.259. The molecule has 1 N–H and O–H groups in total. The van der Waals surface area contributed by atoms with Gasteiger partial charge in [-0.2, -0.15) is 0 Å². The van der Waals surface area contributed by atoms with Gasteiger partial charge in [-0.05, 0) is 56.4 Å². The number of carbonyl (C=O) groups is 2. The number of hydrogen-bond acceptors (Lipinski definition) is 5. The number of ketones is 1. The lowest BCUT2D eigenvalue weighted by molar-refractivity contribution is -0.156. The molecule has 0 bridgehead atoms. The first-order valence-corrected chi connectivity index (χ1v) is 8.76. The van der Waals surface area contributed by atoms with E-state index in [-0.39, 0.29) is 30.0 Å². The molecular weight excluding hydrogens is 332 g/mol. The van der Waals surface area contributed by atoms with E-state index >= 15 is 0 Å². The Morgan fingerprint density at radius 1 is 1.35 bits per heavy atom. The number of phenols is 1. The summed E-state index contributed by atoms with van der Waals surface area (Å²) in [6, 6.07) is 4.92. The second-order valence-corrected chi connectivity index (χ2v) is 6.89. The maximum absolute atomic E-state index is 12.4. The van der Waals surface area contributed by atoms with Gasteiger partial charge in [0.05, 0.1) is 12.5 Å². The van der Waals surface area contributed by atoms with Crippen LogP contribution in [-0.4, -0.2) is 30.6 Å². The molecule has 0 amide bonds. The summed E-state index contributed by atoms with van der Waals surface area (Å²) in [5.74, 6) is 0.191. The molecule has 2 rings (SSSR count). The van der Waals surface area contributed by atoms with Crippen molar-refractivity contribution in [2.75, 3.05) is 13.7 Å². The third-order valence-corrected chi connectivity index (χ3v) is 4.96. The highest BCUT2D eigenvalue weighted by molar-refractivity contribution is 5.95. The van der Waals surface area contributed by atoms with Crippen molar-refractivity contribution in [3.05, 3.63) is 42.5 Å². The van der Waals surface area contributed by atoms with Crippen LogP contribution >= 0.6 is 0 Å². The van der Waals surface area contributed by atoms with Crippen LogP contribution in [-0.2, 0) is 14.3 Å². The van der Waals surface area contributed by atoms with Gasteiger partial charge >= 0.3 is 5.97 Å². The molecular formula is C21H26O5. The smallest absolute Gasteiger partial charge is 0.312 e. The minimum atomic E-state index is -0.520. The Hall–Kier alpha value is -2.56. The van der Waals surface area contributed by atoms with Crippen molar-refractivity contribution < 1.29 is 24.2 Å². The van der Waals surface area contributed by atoms with Crippen molar-refractivity contribution in [1.29, 1.82) is 0 Å². The van der Waals surface area contributed by atoms with Crippen LogP contribution in [0, 0.1) is 11.3 Å². The second-order valence-electron chi connectivity index (χ2n) is 6.89. The van der Waals surface area contributed by atoms with Gasteiger partial charge in [0, 0.05) is 5.92 Å². The molecule has 0 saturated heterocycles. The average Bonchev–Trinajstić information content (AvgIpc) is 2.65. The number of rotatable bonds is 7. The lowest BCUT2D eigenvalue weighted by Crippen LogP contribution is -2.35. The van der Waals surface area contributed by atoms with Gasteiger partial charge in [-0.15, -0.1) is 0 Å². The van der Waals surface area contributed by atoms with E-state index in [9.17, 15) is 14.7 Å². The van der Waals surface area contributed by atoms with Gasteiger partial charge in [-0.3, -0.25) is 9.59 Å². The van der Waals surface area contributed by atoms with Crippen LogP contribution in [0.2, 0.25) is 0 Å². The third kappa shape index (κ3) is 4.75. The van der Waals surface area contributed by atoms with Crippen molar-refractivity contribution in [2.45, 2.75) is 32.6 Å². The van der Waals surface area contributed by atoms with Crippen LogP contribution in [0.15, 0.2) is 36.9 Å². The van der Waals surface area contributed by atoms with Crippen molar-refractivity contribution in [2.24, 2.45) is 11.3 Å². The first kappa shape index (κ1) is 19.8. The minimum absolute atomic E-state index is 0.0542. The number of ether oxygens (including phenoxy) is 2. The van der Waals surface area contributed by atoms with E-state index in [4.69, 9.17) is 9.47 Å². The number of benzene rings is 1. The summed E-state index contributed by atoms with van der Waals surface area (Å²) < 4.78 is 10.2. The number of carbonyl (C=O) groups excluding carboxylic acids is 2. The molecule has 26 heavy (non-hydrogen) atoms. The molecule has 0 aliphatic heterocycles. The molecule has 1 aliphatic rings. The number of allylic oxidation sites excluding steroid dienone is 1. The van der Waals surface area contributed by atoms with Gasteiger partial charge in [0.1, 0.15) is 6.61 Å². The first-order chi connectivity index (χ1) is 12.4. The summed E-state index contributed by atoms with van der Waals surface area (Å²) in [6.45, 7) is 5.66. The largest absolute Gasteiger partial charge is 0.504 e. The van der Waals surface area contributed by atoms with Crippen molar-refractivity contribution in [1.82, 2.24) is 0 Å². The Bertz CT molecular complexity index is 696. The highest BCUT2D eigenvalue weighted by atomic mass is 16.5. The Morgan fingerprint density at radius 3 is 2.65 bits per heavy atom. The fourth-order valence-corrected chi connectivity index (χ4v) is 3.16. The van der Waals surface area contributed by atoms with Gasteiger partial charge < -0.3 is 14.6 Å². The maximum atomic E-state index is 12.4. The standard InChI is InChI=1S/C21H26O5/c1-4-13-26-20(24)21(2)11-9-16(10-12-21)17(22)7-5-15-6-8-18(23)19(14-15)25-3/h4-8,14,16,23H,1,9-13H2,2-3H3/b7-5+. The van der Waals surface area contributed by atoms with Crippen LogP contribution in [0.4, 0.5) is 0 Å². The molecule has 0 heterocycles. The number of esters is 1. The fraction of sp³-hybridized carbons (Fsp3) is 0.429. The van der Waals surface area contributed by atoms with Gasteiger partial charge in [0.25, 0.3) is 0 Å². The lowest BCUT2D eigenvalue weighted by atomic mass is 9.70. The summed E-state index contributed by atoms with van der Waals surface area (Å²) in [7, 11) is 1.48. The van der Waals surface area contributed by atoms with E-state index in [2.05, 4.69) is 6.58 Å². The summed E-state index contributed by atoms with van der Waals surface area (Å²) in [4.78, 5) is 24.6. The molecule has 0 spiro atoms. The Balaban J connectivity index is 1.94. The van der Waals surface area contributed by atoms with E-state index in [0.29, 0.717) is 31.4 Å². The SMILES string of the molecule is C=CCOC(=O)C1(C)CCC(C(=O)/C=C/c2ccc(O)c(OC)c2)CC1. The number of hydrogen-bond donors (Lipinski definition) is 1.